The monoisotopic (exact) mass is 385 g/mol. The third kappa shape index (κ3) is 3.16. The van der Waals surface area contributed by atoms with Crippen LogP contribution in [0.25, 0.3) is 21.9 Å². The fourth-order valence-corrected chi connectivity index (χ4v) is 4.71. The van der Waals surface area contributed by atoms with Crippen molar-refractivity contribution >= 4 is 39.6 Å². The highest BCUT2D eigenvalue weighted by Gasteiger charge is 2.20. The highest BCUT2D eigenvalue weighted by atomic mass is 32.2. The van der Waals surface area contributed by atoms with Gasteiger partial charge < -0.3 is 13.7 Å². The summed E-state index contributed by atoms with van der Waals surface area (Å²) in [7, 11) is 0. The number of amides is 1. The van der Waals surface area contributed by atoms with E-state index in [1.165, 1.54) is 0 Å². The number of furan rings is 1. The van der Waals surface area contributed by atoms with Crippen LogP contribution in [0, 0.1) is 20.8 Å². The molecule has 1 amide bonds. The Hall–Kier alpha value is -2.21. The van der Waals surface area contributed by atoms with Crippen molar-refractivity contribution in [2.45, 2.75) is 33.6 Å². The van der Waals surface area contributed by atoms with Crippen LogP contribution < -0.4 is 5.63 Å². The molecule has 0 radical (unpaired) electrons. The fourth-order valence-electron chi connectivity index (χ4n) is 3.81. The van der Waals surface area contributed by atoms with E-state index < -0.39 is 0 Å². The summed E-state index contributed by atoms with van der Waals surface area (Å²) in [4.78, 5) is 27.0. The van der Waals surface area contributed by atoms with Crippen LogP contribution >= 0.6 is 11.8 Å². The maximum atomic E-state index is 12.6. The van der Waals surface area contributed by atoms with E-state index in [0.29, 0.717) is 24.0 Å². The lowest BCUT2D eigenvalue weighted by molar-refractivity contribution is -0.130. The van der Waals surface area contributed by atoms with Crippen molar-refractivity contribution < 1.29 is 13.6 Å². The normalized spacial score (nSPS) is 15.0. The molecule has 3 aromatic rings. The number of carbonyl (C=O) groups excluding carboxylic acids is 1. The summed E-state index contributed by atoms with van der Waals surface area (Å²) in [5.41, 5.74) is 4.36. The summed E-state index contributed by atoms with van der Waals surface area (Å²) in [6.45, 7) is 7.45. The zero-order valence-corrected chi connectivity index (χ0v) is 16.7. The Morgan fingerprint density at radius 2 is 1.85 bits per heavy atom. The molecule has 3 heterocycles. The number of nitrogens with zero attached hydrogens (tertiary/aromatic N) is 1. The quantitative estimate of drug-likeness (QED) is 0.638. The molecule has 1 aliphatic rings. The Bertz CT molecular complexity index is 1090. The lowest BCUT2D eigenvalue weighted by Crippen LogP contribution is -2.38. The highest BCUT2D eigenvalue weighted by Crippen LogP contribution is 2.32. The van der Waals surface area contributed by atoms with Crippen molar-refractivity contribution in [1.82, 2.24) is 4.90 Å². The standard InChI is InChI=1S/C21H23NO4S/c1-12-11-25-19-14(3)20-17(10-16(12)19)13(2)15(21(24)26-20)4-5-18(23)22-6-8-27-9-7-22/h10-11H,4-9H2,1-3H3. The van der Waals surface area contributed by atoms with Crippen LogP contribution in [0.3, 0.4) is 0 Å². The maximum absolute atomic E-state index is 12.6. The summed E-state index contributed by atoms with van der Waals surface area (Å²) in [5, 5.41) is 1.95. The average molecular weight is 385 g/mol. The Morgan fingerprint density at radius 3 is 2.59 bits per heavy atom. The van der Waals surface area contributed by atoms with Gasteiger partial charge >= 0.3 is 5.63 Å². The molecule has 6 heteroatoms. The number of rotatable bonds is 3. The van der Waals surface area contributed by atoms with Crippen molar-refractivity contribution in [2.24, 2.45) is 0 Å². The Morgan fingerprint density at radius 1 is 1.11 bits per heavy atom. The van der Waals surface area contributed by atoms with E-state index in [4.69, 9.17) is 8.83 Å². The van der Waals surface area contributed by atoms with Gasteiger partial charge in [0.05, 0.1) is 6.26 Å². The van der Waals surface area contributed by atoms with E-state index in [1.807, 2.05) is 43.5 Å². The zero-order valence-electron chi connectivity index (χ0n) is 15.9. The molecule has 0 spiro atoms. The van der Waals surface area contributed by atoms with Crippen LogP contribution in [0.5, 0.6) is 0 Å². The number of carbonyl (C=O) groups is 1. The molecule has 2 aromatic heterocycles. The second kappa shape index (κ2) is 7.08. The van der Waals surface area contributed by atoms with Gasteiger partial charge in [-0.25, -0.2) is 4.79 Å². The molecule has 1 aromatic carbocycles. The minimum atomic E-state index is -0.354. The van der Waals surface area contributed by atoms with Gasteiger partial charge in [-0.2, -0.15) is 11.8 Å². The van der Waals surface area contributed by atoms with Gasteiger partial charge in [0.2, 0.25) is 5.91 Å². The molecule has 5 nitrogen and oxygen atoms in total. The minimum absolute atomic E-state index is 0.117. The molecule has 1 fully saturated rings. The lowest BCUT2D eigenvalue weighted by atomic mass is 9.98. The van der Waals surface area contributed by atoms with Crippen LogP contribution in [0.2, 0.25) is 0 Å². The SMILES string of the molecule is Cc1coc2c(C)c3oc(=O)c(CCC(=O)N4CCSCC4)c(C)c3cc12. The van der Waals surface area contributed by atoms with Gasteiger partial charge in [0.1, 0.15) is 11.2 Å². The van der Waals surface area contributed by atoms with E-state index in [1.54, 1.807) is 6.26 Å². The third-order valence-electron chi connectivity index (χ3n) is 5.49. The number of thioether (sulfide) groups is 1. The van der Waals surface area contributed by atoms with Crippen molar-refractivity contribution in [3.05, 3.63) is 45.0 Å². The van der Waals surface area contributed by atoms with E-state index in [9.17, 15) is 9.59 Å². The number of hydrogen-bond acceptors (Lipinski definition) is 5. The first-order chi connectivity index (χ1) is 13.0. The Balaban J connectivity index is 1.70. The minimum Gasteiger partial charge on any atom is -0.464 e. The molecule has 27 heavy (non-hydrogen) atoms. The fraction of sp³-hybridized carbons (Fsp3) is 0.429. The molecule has 4 rings (SSSR count). The molecule has 0 unspecified atom stereocenters. The van der Waals surface area contributed by atoms with E-state index in [2.05, 4.69) is 0 Å². The third-order valence-corrected chi connectivity index (χ3v) is 6.43. The zero-order chi connectivity index (χ0) is 19.1. The molecule has 0 atom stereocenters. The average Bonchev–Trinajstić information content (AvgIpc) is 3.04. The summed E-state index contributed by atoms with van der Waals surface area (Å²) >= 11 is 1.87. The first kappa shape index (κ1) is 18.2. The second-order valence-corrected chi connectivity index (χ2v) is 8.38. The van der Waals surface area contributed by atoms with Crippen molar-refractivity contribution in [2.75, 3.05) is 24.6 Å². The Kier molecular flexibility index (Phi) is 4.76. The largest absolute Gasteiger partial charge is 0.464 e. The molecule has 0 saturated carbocycles. The van der Waals surface area contributed by atoms with Gasteiger partial charge in [-0.05, 0) is 44.4 Å². The van der Waals surface area contributed by atoms with Crippen molar-refractivity contribution in [3.63, 3.8) is 0 Å². The molecular formula is C21H23NO4S. The molecule has 0 bridgehead atoms. The summed E-state index contributed by atoms with van der Waals surface area (Å²) in [5.74, 6) is 2.09. The molecular weight excluding hydrogens is 362 g/mol. The Labute approximate surface area is 161 Å². The number of fused-ring (bicyclic) bond motifs is 2. The second-order valence-electron chi connectivity index (χ2n) is 7.16. The van der Waals surface area contributed by atoms with Crippen LogP contribution in [0.15, 0.2) is 26.0 Å². The summed E-state index contributed by atoms with van der Waals surface area (Å²) in [6, 6.07) is 2.03. The predicted octanol–water partition coefficient (Wildman–Crippen LogP) is 3.97. The number of hydrogen-bond donors (Lipinski definition) is 0. The van der Waals surface area contributed by atoms with Gasteiger partial charge in [-0.15, -0.1) is 0 Å². The summed E-state index contributed by atoms with van der Waals surface area (Å²) < 4.78 is 11.3. The lowest BCUT2D eigenvalue weighted by Gasteiger charge is -2.26. The van der Waals surface area contributed by atoms with Gasteiger partial charge in [0.15, 0.2) is 0 Å². The predicted molar refractivity (Wildman–Crippen MR) is 109 cm³/mol. The van der Waals surface area contributed by atoms with Crippen LogP contribution in [0.4, 0.5) is 0 Å². The van der Waals surface area contributed by atoms with Gasteiger partial charge in [-0.1, -0.05) is 0 Å². The van der Waals surface area contributed by atoms with E-state index >= 15 is 0 Å². The maximum Gasteiger partial charge on any atom is 0.339 e. The number of aryl methyl sites for hydroxylation is 3. The number of benzene rings is 1. The first-order valence-electron chi connectivity index (χ1n) is 9.26. The van der Waals surface area contributed by atoms with Crippen LogP contribution in [0.1, 0.15) is 28.7 Å². The van der Waals surface area contributed by atoms with Gasteiger partial charge in [-0.3, -0.25) is 4.79 Å². The summed E-state index contributed by atoms with van der Waals surface area (Å²) in [6.07, 6.45) is 2.47. The molecule has 1 aliphatic heterocycles. The topological polar surface area (TPSA) is 63.7 Å². The molecule has 0 aliphatic carbocycles. The van der Waals surface area contributed by atoms with Gasteiger partial charge in [0.25, 0.3) is 0 Å². The molecule has 142 valence electrons. The molecule has 1 saturated heterocycles. The van der Waals surface area contributed by atoms with Crippen LogP contribution in [-0.4, -0.2) is 35.4 Å². The van der Waals surface area contributed by atoms with E-state index in [-0.39, 0.29) is 11.5 Å². The first-order valence-corrected chi connectivity index (χ1v) is 10.4. The molecule has 0 N–H and O–H groups in total. The van der Waals surface area contributed by atoms with Crippen LogP contribution in [-0.2, 0) is 11.2 Å². The van der Waals surface area contributed by atoms with Crippen molar-refractivity contribution in [3.8, 4) is 0 Å². The van der Waals surface area contributed by atoms with Gasteiger partial charge in [0, 0.05) is 52.9 Å². The smallest absolute Gasteiger partial charge is 0.339 e. The highest BCUT2D eigenvalue weighted by molar-refractivity contribution is 7.99. The van der Waals surface area contributed by atoms with Crippen molar-refractivity contribution in [1.29, 1.82) is 0 Å². The van der Waals surface area contributed by atoms with E-state index in [0.717, 1.165) is 57.6 Å².